The third-order valence-electron chi connectivity index (χ3n) is 6.17. The molecule has 2 aromatic carbocycles. The predicted octanol–water partition coefficient (Wildman–Crippen LogP) is 2.91. The molecular weight excluding hydrogens is 412 g/mol. The van der Waals surface area contributed by atoms with Gasteiger partial charge in [-0.05, 0) is 48.6 Å². The lowest BCUT2D eigenvalue weighted by Gasteiger charge is -2.24. The third-order valence-corrected chi connectivity index (χ3v) is 6.17. The number of benzene rings is 2. The van der Waals surface area contributed by atoms with Crippen LogP contribution >= 0.6 is 0 Å². The number of hydrogen-bond acceptors (Lipinski definition) is 7. The summed E-state index contributed by atoms with van der Waals surface area (Å²) in [5.41, 5.74) is 1.08. The quantitative estimate of drug-likeness (QED) is 0.422. The average molecular weight is 434 g/mol. The van der Waals surface area contributed by atoms with E-state index in [2.05, 4.69) is 0 Å². The average Bonchev–Trinajstić information content (AvgIpc) is 2.78. The first-order valence-corrected chi connectivity index (χ1v) is 10.6. The number of aliphatic hydroxyl groups excluding tert-OH is 3. The third kappa shape index (κ3) is 3.44. The largest absolute Gasteiger partial charge is 0.423 e. The van der Waals surface area contributed by atoms with E-state index < -0.39 is 29.6 Å². The van der Waals surface area contributed by atoms with Crippen LogP contribution in [0.25, 0.3) is 21.9 Å². The maximum absolute atomic E-state index is 12.4. The minimum atomic E-state index is -1.35. The van der Waals surface area contributed by atoms with Crippen LogP contribution in [0.5, 0.6) is 0 Å². The summed E-state index contributed by atoms with van der Waals surface area (Å²) in [5, 5.41) is 33.4. The van der Waals surface area contributed by atoms with Gasteiger partial charge in [-0.15, -0.1) is 0 Å². The van der Waals surface area contributed by atoms with E-state index in [1.54, 1.807) is 42.5 Å². The van der Waals surface area contributed by atoms with Gasteiger partial charge in [0.25, 0.3) is 0 Å². The fourth-order valence-corrected chi connectivity index (χ4v) is 4.62. The summed E-state index contributed by atoms with van der Waals surface area (Å²) < 4.78 is 10.7. The van der Waals surface area contributed by atoms with E-state index in [0.717, 1.165) is 5.39 Å². The molecule has 3 N–H and O–H groups in total. The van der Waals surface area contributed by atoms with Crippen LogP contribution in [0.15, 0.2) is 67.0 Å². The standard InChI is InChI=1S/C25H22O7/c26-17-8-3-6-15-21-16(7-4-10-20(21)32-25(30)22(15)17)23(28)18(27)12-14-11-13-5-1-2-9-19(13)31-24(14)29/h1-2,4-5,7,9-11,17-18,23,26-28H,3,6,8,12H2. The second-order valence-electron chi connectivity index (χ2n) is 8.22. The van der Waals surface area contributed by atoms with Crippen molar-refractivity contribution in [1.82, 2.24) is 0 Å². The summed E-state index contributed by atoms with van der Waals surface area (Å²) in [4.78, 5) is 24.8. The van der Waals surface area contributed by atoms with Crippen LogP contribution in [0.1, 0.15) is 47.3 Å². The Labute approximate surface area is 182 Å². The molecule has 4 aromatic rings. The molecule has 1 aliphatic rings. The van der Waals surface area contributed by atoms with Crippen LogP contribution in [-0.4, -0.2) is 21.4 Å². The first-order chi connectivity index (χ1) is 15.4. The van der Waals surface area contributed by atoms with E-state index in [9.17, 15) is 24.9 Å². The summed E-state index contributed by atoms with van der Waals surface area (Å²) in [6.07, 6.45) is -1.97. The van der Waals surface area contributed by atoms with Crippen molar-refractivity contribution >= 4 is 21.9 Å². The first-order valence-electron chi connectivity index (χ1n) is 10.6. The predicted molar refractivity (Wildman–Crippen MR) is 118 cm³/mol. The molecule has 5 rings (SSSR count). The molecule has 0 amide bonds. The summed E-state index contributed by atoms with van der Waals surface area (Å²) in [6.45, 7) is 0. The molecule has 3 unspecified atom stereocenters. The normalized spacial score (nSPS) is 17.9. The molecule has 3 atom stereocenters. The number of aliphatic hydroxyl groups is 3. The molecular formula is C25H22O7. The minimum Gasteiger partial charge on any atom is -0.423 e. The summed E-state index contributed by atoms with van der Waals surface area (Å²) in [7, 11) is 0. The van der Waals surface area contributed by atoms with E-state index in [4.69, 9.17) is 8.83 Å². The van der Waals surface area contributed by atoms with E-state index in [1.807, 2.05) is 6.07 Å². The minimum absolute atomic E-state index is 0.119. The van der Waals surface area contributed by atoms with Gasteiger partial charge in [0.15, 0.2) is 0 Å². The highest BCUT2D eigenvalue weighted by atomic mass is 16.4. The molecule has 2 aromatic heterocycles. The number of fused-ring (bicyclic) bond motifs is 4. The van der Waals surface area contributed by atoms with Crippen LogP contribution in [0.4, 0.5) is 0 Å². The first kappa shape index (κ1) is 20.6. The molecule has 0 radical (unpaired) electrons. The summed E-state index contributed by atoms with van der Waals surface area (Å²) >= 11 is 0. The van der Waals surface area contributed by atoms with E-state index in [0.29, 0.717) is 41.4 Å². The fourth-order valence-electron chi connectivity index (χ4n) is 4.62. The van der Waals surface area contributed by atoms with Crippen LogP contribution in [0, 0.1) is 0 Å². The Hall–Kier alpha value is -3.26. The lowest BCUT2D eigenvalue weighted by atomic mass is 9.85. The molecule has 0 saturated carbocycles. The smallest absolute Gasteiger partial charge is 0.342 e. The van der Waals surface area contributed by atoms with Crippen molar-refractivity contribution in [2.24, 2.45) is 0 Å². The van der Waals surface area contributed by atoms with Crippen LogP contribution in [0.2, 0.25) is 0 Å². The highest BCUT2D eigenvalue weighted by molar-refractivity contribution is 5.85. The van der Waals surface area contributed by atoms with Crippen LogP contribution < -0.4 is 11.3 Å². The number of aryl methyl sites for hydroxylation is 1. The van der Waals surface area contributed by atoms with Crippen molar-refractivity contribution in [2.45, 2.75) is 44.0 Å². The van der Waals surface area contributed by atoms with E-state index in [1.165, 1.54) is 0 Å². The van der Waals surface area contributed by atoms with Gasteiger partial charge in [0.2, 0.25) is 0 Å². The zero-order valence-electron chi connectivity index (χ0n) is 17.2. The molecule has 0 fully saturated rings. The Kier molecular flexibility index (Phi) is 5.17. The fraction of sp³-hybridized carbons (Fsp3) is 0.280. The molecule has 32 heavy (non-hydrogen) atoms. The van der Waals surface area contributed by atoms with Gasteiger partial charge >= 0.3 is 11.3 Å². The van der Waals surface area contributed by atoms with Gasteiger partial charge in [0.05, 0.1) is 17.8 Å². The van der Waals surface area contributed by atoms with Gasteiger partial charge < -0.3 is 24.2 Å². The maximum Gasteiger partial charge on any atom is 0.342 e. The van der Waals surface area contributed by atoms with Gasteiger partial charge in [-0.25, -0.2) is 9.59 Å². The second kappa shape index (κ2) is 8.02. The molecule has 164 valence electrons. The Balaban J connectivity index is 1.56. The summed E-state index contributed by atoms with van der Waals surface area (Å²) in [6, 6.07) is 13.6. The van der Waals surface area contributed by atoms with E-state index in [-0.39, 0.29) is 23.1 Å². The zero-order chi connectivity index (χ0) is 22.4. The Bertz CT molecular complexity index is 1430. The molecule has 0 spiro atoms. The Morgan fingerprint density at radius 1 is 0.969 bits per heavy atom. The van der Waals surface area contributed by atoms with Crippen molar-refractivity contribution < 1.29 is 24.2 Å². The van der Waals surface area contributed by atoms with Crippen LogP contribution in [-0.2, 0) is 12.8 Å². The Morgan fingerprint density at radius 2 is 1.72 bits per heavy atom. The molecule has 7 nitrogen and oxygen atoms in total. The highest BCUT2D eigenvalue weighted by Crippen LogP contribution is 2.36. The molecule has 2 heterocycles. The highest BCUT2D eigenvalue weighted by Gasteiger charge is 2.29. The van der Waals surface area contributed by atoms with Crippen molar-refractivity contribution in [2.75, 3.05) is 0 Å². The van der Waals surface area contributed by atoms with Crippen molar-refractivity contribution in [3.05, 3.63) is 91.6 Å². The number of rotatable bonds is 4. The van der Waals surface area contributed by atoms with Gasteiger partial charge in [0.1, 0.15) is 17.3 Å². The van der Waals surface area contributed by atoms with Gasteiger partial charge in [-0.2, -0.15) is 0 Å². The zero-order valence-corrected chi connectivity index (χ0v) is 17.2. The van der Waals surface area contributed by atoms with Gasteiger partial charge in [-0.1, -0.05) is 30.3 Å². The van der Waals surface area contributed by atoms with Gasteiger partial charge in [-0.3, -0.25) is 0 Å². The lowest BCUT2D eigenvalue weighted by molar-refractivity contribution is 0.0194. The van der Waals surface area contributed by atoms with Crippen molar-refractivity contribution in [1.29, 1.82) is 0 Å². The second-order valence-corrected chi connectivity index (χ2v) is 8.22. The van der Waals surface area contributed by atoms with Crippen LogP contribution in [0.3, 0.4) is 0 Å². The van der Waals surface area contributed by atoms with Crippen molar-refractivity contribution in [3.8, 4) is 0 Å². The SMILES string of the molecule is O=c1oc2ccccc2cc1CC(O)C(O)c1cccc2oc(=O)c3c(c12)CCCC3O. The van der Waals surface area contributed by atoms with E-state index >= 15 is 0 Å². The lowest BCUT2D eigenvalue weighted by Crippen LogP contribution is -2.25. The topological polar surface area (TPSA) is 121 Å². The van der Waals surface area contributed by atoms with Crippen molar-refractivity contribution in [3.63, 3.8) is 0 Å². The number of hydrogen-bond donors (Lipinski definition) is 3. The monoisotopic (exact) mass is 434 g/mol. The summed E-state index contributed by atoms with van der Waals surface area (Å²) in [5.74, 6) is 0. The molecule has 0 bridgehead atoms. The molecule has 1 aliphatic carbocycles. The molecule has 7 heteroatoms. The maximum atomic E-state index is 12.4. The Morgan fingerprint density at radius 3 is 2.56 bits per heavy atom. The molecule has 0 aliphatic heterocycles. The molecule has 0 saturated heterocycles. The number of para-hydroxylation sites is 1. The van der Waals surface area contributed by atoms with Gasteiger partial charge in [0, 0.05) is 22.8 Å².